The number of nitrogens with one attached hydrogen (secondary N) is 1. The van der Waals surface area contributed by atoms with Crippen molar-refractivity contribution < 1.29 is 18.3 Å². The van der Waals surface area contributed by atoms with E-state index in [1.807, 2.05) is 13.8 Å². The second kappa shape index (κ2) is 10.00. The Morgan fingerprint density at radius 3 is 2.60 bits per heavy atom. The van der Waals surface area contributed by atoms with Gasteiger partial charge in [-0.3, -0.25) is 19.6 Å². The Morgan fingerprint density at radius 2 is 1.94 bits per heavy atom. The molecule has 0 aliphatic carbocycles. The molecule has 196 valence electrons. The molecule has 4 heterocycles. The van der Waals surface area contributed by atoms with Crippen molar-refractivity contribution in [3.05, 3.63) is 23.5 Å². The van der Waals surface area contributed by atoms with Crippen LogP contribution in [0.5, 0.6) is 0 Å². The number of ether oxygens (including phenoxy) is 1. The van der Waals surface area contributed by atoms with E-state index in [2.05, 4.69) is 40.9 Å². The lowest BCUT2D eigenvalue weighted by Gasteiger charge is -2.46. The second-order valence-electron chi connectivity index (χ2n) is 11.3. The molecular weight excluding hydrogens is 452 g/mol. The molecule has 2 saturated heterocycles. The lowest BCUT2D eigenvalue weighted by molar-refractivity contribution is -0.121. The summed E-state index contributed by atoms with van der Waals surface area (Å²) < 4.78 is 34.6. The van der Waals surface area contributed by atoms with Gasteiger partial charge in [0.25, 0.3) is 5.92 Å². The maximum Gasteiger partial charge on any atom is 0.274 e. The molecular formula is C26H41F2N5O2. The summed E-state index contributed by atoms with van der Waals surface area (Å²) in [6.07, 6.45) is 0.972. The van der Waals surface area contributed by atoms with E-state index in [9.17, 15) is 13.6 Å². The number of hydrogen-bond acceptors (Lipinski definition) is 6. The van der Waals surface area contributed by atoms with Gasteiger partial charge >= 0.3 is 0 Å². The molecule has 4 atom stereocenters. The molecule has 2 fully saturated rings. The van der Waals surface area contributed by atoms with Gasteiger partial charge in [0.2, 0.25) is 5.91 Å². The van der Waals surface area contributed by atoms with E-state index >= 15 is 0 Å². The zero-order chi connectivity index (χ0) is 25.5. The zero-order valence-electron chi connectivity index (χ0n) is 22.0. The van der Waals surface area contributed by atoms with E-state index in [4.69, 9.17) is 4.74 Å². The Labute approximate surface area is 208 Å². The minimum absolute atomic E-state index is 0.0576. The van der Waals surface area contributed by atoms with Crippen LogP contribution in [0.3, 0.4) is 0 Å². The van der Waals surface area contributed by atoms with Crippen molar-refractivity contribution >= 4 is 11.6 Å². The Kier molecular flexibility index (Phi) is 7.53. The number of piperazine rings is 1. The van der Waals surface area contributed by atoms with Crippen molar-refractivity contribution in [3.63, 3.8) is 0 Å². The first-order valence-electron chi connectivity index (χ1n) is 12.9. The minimum atomic E-state index is -2.96. The van der Waals surface area contributed by atoms with E-state index in [0.717, 1.165) is 32.8 Å². The van der Waals surface area contributed by atoms with Crippen molar-refractivity contribution in [2.75, 3.05) is 50.8 Å². The molecule has 0 aromatic carbocycles. The van der Waals surface area contributed by atoms with Gasteiger partial charge in [-0.15, -0.1) is 0 Å². The zero-order valence-corrected chi connectivity index (χ0v) is 22.0. The first kappa shape index (κ1) is 26.4. The van der Waals surface area contributed by atoms with Crippen LogP contribution in [-0.4, -0.2) is 90.8 Å². The molecule has 9 heteroatoms. The average molecular weight is 494 g/mol. The number of aromatic nitrogens is 1. The van der Waals surface area contributed by atoms with Crippen molar-refractivity contribution in [2.24, 2.45) is 0 Å². The third kappa shape index (κ3) is 5.38. The summed E-state index contributed by atoms with van der Waals surface area (Å²) in [5, 5.41) is 3.57. The molecule has 35 heavy (non-hydrogen) atoms. The predicted octanol–water partition coefficient (Wildman–Crippen LogP) is 2.98. The Balaban J connectivity index is 1.54. The first-order chi connectivity index (χ1) is 16.4. The molecule has 0 spiro atoms. The minimum Gasteiger partial charge on any atom is -0.378 e. The van der Waals surface area contributed by atoms with E-state index < -0.39 is 5.92 Å². The molecule has 0 unspecified atom stereocenters. The summed E-state index contributed by atoms with van der Waals surface area (Å²) in [5.74, 6) is -3.02. The van der Waals surface area contributed by atoms with E-state index in [-0.39, 0.29) is 41.9 Å². The SMILES string of the molecule is CCC(F)(F)c1cnc2c(c1)N(C(=O)CN1C[C@@H](C)NC[C@@H]1CN1[C@H](C)COC[C@H]1C)CC2(C)C. The number of pyridine rings is 1. The van der Waals surface area contributed by atoms with Crippen LogP contribution in [-0.2, 0) is 20.9 Å². The highest BCUT2D eigenvalue weighted by Gasteiger charge is 2.42. The Morgan fingerprint density at radius 1 is 1.26 bits per heavy atom. The Bertz CT molecular complexity index is 917. The van der Waals surface area contributed by atoms with Gasteiger partial charge in [-0.2, -0.15) is 0 Å². The summed E-state index contributed by atoms with van der Waals surface area (Å²) >= 11 is 0. The van der Waals surface area contributed by atoms with Crippen LogP contribution in [0.15, 0.2) is 12.3 Å². The number of rotatable bonds is 6. The monoisotopic (exact) mass is 493 g/mol. The number of anilines is 1. The van der Waals surface area contributed by atoms with E-state index in [0.29, 0.717) is 30.0 Å². The third-order valence-corrected chi connectivity index (χ3v) is 7.86. The quantitative estimate of drug-likeness (QED) is 0.658. The lowest BCUT2D eigenvalue weighted by atomic mass is 9.91. The molecule has 1 aromatic rings. The summed E-state index contributed by atoms with van der Waals surface area (Å²) in [6, 6.07) is 2.59. The maximum atomic E-state index is 14.5. The summed E-state index contributed by atoms with van der Waals surface area (Å²) in [4.78, 5) is 24.5. The number of morpholine rings is 1. The largest absolute Gasteiger partial charge is 0.378 e. The summed E-state index contributed by atoms with van der Waals surface area (Å²) in [5.41, 5.74) is 0.724. The van der Waals surface area contributed by atoms with Gasteiger partial charge in [0, 0.05) is 73.9 Å². The number of carbonyl (C=O) groups excluding carboxylic acids is 1. The van der Waals surface area contributed by atoms with Gasteiger partial charge in [-0.25, -0.2) is 8.78 Å². The van der Waals surface area contributed by atoms with Crippen LogP contribution in [0.2, 0.25) is 0 Å². The highest BCUT2D eigenvalue weighted by atomic mass is 19.3. The van der Waals surface area contributed by atoms with Crippen LogP contribution in [0, 0.1) is 0 Å². The molecule has 7 nitrogen and oxygen atoms in total. The number of fused-ring (bicyclic) bond motifs is 1. The fourth-order valence-corrected chi connectivity index (χ4v) is 5.67. The highest BCUT2D eigenvalue weighted by Crippen LogP contribution is 2.42. The normalized spacial score (nSPS) is 29.9. The highest BCUT2D eigenvalue weighted by molar-refractivity contribution is 5.97. The lowest BCUT2D eigenvalue weighted by Crippen LogP contribution is -2.63. The molecule has 1 aromatic heterocycles. The molecule has 4 rings (SSSR count). The fraction of sp³-hybridized carbons (Fsp3) is 0.769. The third-order valence-electron chi connectivity index (χ3n) is 7.86. The second-order valence-corrected chi connectivity index (χ2v) is 11.3. The standard InChI is InChI=1S/C26H41F2N5O2/c1-7-26(27,28)20-8-22-24(30-9-20)25(5,6)16-33(22)23(34)13-31-11-17(2)29-10-21(31)12-32-18(3)14-35-15-19(32)4/h8-9,17-19,21,29H,7,10-16H2,1-6H3/t17-,18-,19-,21-/m1/s1. The van der Waals surface area contributed by atoms with Crippen LogP contribution >= 0.6 is 0 Å². The van der Waals surface area contributed by atoms with Gasteiger partial charge in [0.1, 0.15) is 0 Å². The number of hydrogen-bond donors (Lipinski definition) is 1. The van der Waals surface area contributed by atoms with Gasteiger partial charge in [-0.1, -0.05) is 20.8 Å². The number of nitrogens with zero attached hydrogens (tertiary/aromatic N) is 4. The Hall–Kier alpha value is -1.68. The van der Waals surface area contributed by atoms with Gasteiger partial charge in [0.05, 0.1) is 31.1 Å². The predicted molar refractivity (Wildman–Crippen MR) is 133 cm³/mol. The van der Waals surface area contributed by atoms with Crippen molar-refractivity contribution in [1.82, 2.24) is 20.1 Å². The van der Waals surface area contributed by atoms with E-state index in [1.54, 1.807) is 4.90 Å². The van der Waals surface area contributed by atoms with E-state index in [1.165, 1.54) is 19.2 Å². The number of alkyl halides is 2. The van der Waals surface area contributed by atoms with Gasteiger partial charge in [0.15, 0.2) is 0 Å². The maximum absolute atomic E-state index is 14.5. The number of amides is 1. The average Bonchev–Trinajstić information content (AvgIpc) is 3.08. The number of halogens is 2. The van der Waals surface area contributed by atoms with Crippen LogP contribution in [0.1, 0.15) is 59.2 Å². The molecule has 3 aliphatic rings. The van der Waals surface area contributed by atoms with Gasteiger partial charge in [-0.05, 0) is 26.8 Å². The first-order valence-corrected chi connectivity index (χ1v) is 12.9. The molecule has 0 radical (unpaired) electrons. The van der Waals surface area contributed by atoms with Crippen LogP contribution in [0.4, 0.5) is 14.5 Å². The van der Waals surface area contributed by atoms with Crippen LogP contribution < -0.4 is 10.2 Å². The summed E-state index contributed by atoms with van der Waals surface area (Å²) in [7, 11) is 0. The topological polar surface area (TPSA) is 60.9 Å². The van der Waals surface area contributed by atoms with Crippen LogP contribution in [0.25, 0.3) is 0 Å². The molecule has 0 saturated carbocycles. The van der Waals surface area contributed by atoms with Crippen molar-refractivity contribution in [3.8, 4) is 0 Å². The smallest absolute Gasteiger partial charge is 0.274 e. The molecule has 3 aliphatic heterocycles. The molecule has 1 N–H and O–H groups in total. The van der Waals surface area contributed by atoms with Gasteiger partial charge < -0.3 is 15.0 Å². The van der Waals surface area contributed by atoms with Crippen molar-refractivity contribution in [1.29, 1.82) is 0 Å². The molecule has 1 amide bonds. The van der Waals surface area contributed by atoms with Crippen molar-refractivity contribution in [2.45, 2.75) is 83.5 Å². The fourth-order valence-electron chi connectivity index (χ4n) is 5.67. The molecule has 0 bridgehead atoms. The number of carbonyl (C=O) groups is 1. The summed E-state index contributed by atoms with van der Waals surface area (Å²) in [6.45, 7) is 16.6.